The molecular weight excluding hydrogens is 499 g/mol. The molecule has 1 aromatic heterocycles. The number of fused-ring (bicyclic) bond motifs is 2. The molecule has 0 unspecified atom stereocenters. The summed E-state index contributed by atoms with van der Waals surface area (Å²) in [7, 11) is 3.10. The summed E-state index contributed by atoms with van der Waals surface area (Å²) in [6.45, 7) is 4.51. The molecule has 2 atom stereocenters. The first kappa shape index (κ1) is 25.8. The highest BCUT2D eigenvalue weighted by molar-refractivity contribution is 5.95. The van der Waals surface area contributed by atoms with Crippen molar-refractivity contribution in [3.63, 3.8) is 0 Å². The molecule has 0 N–H and O–H groups in total. The van der Waals surface area contributed by atoms with Gasteiger partial charge < -0.3 is 18.9 Å². The quantitative estimate of drug-likeness (QED) is 0.433. The Morgan fingerprint density at radius 2 is 1.66 bits per heavy atom. The second-order valence-electron chi connectivity index (χ2n) is 9.45. The Morgan fingerprint density at radius 1 is 0.947 bits per heavy atom. The standard InChI is InChI=1S/C28H28F3N3O4/c1-15(2)22-27(36-4)33-20(26(34-22)35-3)13-16-9-10-19(25-24(16)37-11-12-38-25)23-21(28(29,30)31)18-8-6-5-7-17(18)14-32-23/h5-10,14-15,20,22H,11-13H2,1-4H3/t20-,22+/m0/s1. The van der Waals surface area contributed by atoms with E-state index >= 15 is 0 Å². The second-order valence-corrected chi connectivity index (χ2v) is 9.45. The minimum atomic E-state index is -4.63. The Morgan fingerprint density at radius 3 is 2.34 bits per heavy atom. The smallest absolute Gasteiger partial charge is 0.419 e. The lowest BCUT2D eigenvalue weighted by Gasteiger charge is -2.28. The van der Waals surface area contributed by atoms with Gasteiger partial charge in [0.2, 0.25) is 11.8 Å². The summed E-state index contributed by atoms with van der Waals surface area (Å²) in [6.07, 6.45) is -2.86. The fourth-order valence-corrected chi connectivity index (χ4v) is 4.90. The van der Waals surface area contributed by atoms with Gasteiger partial charge in [0.05, 0.1) is 25.5 Å². The van der Waals surface area contributed by atoms with Crippen LogP contribution in [0.1, 0.15) is 25.0 Å². The van der Waals surface area contributed by atoms with Crippen molar-refractivity contribution in [3.05, 3.63) is 53.7 Å². The Balaban J connectivity index is 1.61. The van der Waals surface area contributed by atoms with Crippen LogP contribution in [0.2, 0.25) is 0 Å². The van der Waals surface area contributed by atoms with Gasteiger partial charge in [0.25, 0.3) is 0 Å². The van der Waals surface area contributed by atoms with Gasteiger partial charge in [0.15, 0.2) is 11.5 Å². The van der Waals surface area contributed by atoms with Crippen LogP contribution in [0.4, 0.5) is 13.2 Å². The minimum Gasteiger partial charge on any atom is -0.486 e. The van der Waals surface area contributed by atoms with Crippen molar-refractivity contribution in [1.82, 2.24) is 4.98 Å². The highest BCUT2D eigenvalue weighted by Gasteiger charge is 2.38. The van der Waals surface area contributed by atoms with Crippen molar-refractivity contribution in [1.29, 1.82) is 0 Å². The average Bonchev–Trinajstić information content (AvgIpc) is 2.91. The van der Waals surface area contributed by atoms with Crippen LogP contribution in [0, 0.1) is 5.92 Å². The molecule has 10 heteroatoms. The molecule has 3 heterocycles. The highest BCUT2D eigenvalue weighted by Crippen LogP contribution is 2.47. The number of rotatable bonds is 4. The molecule has 3 aromatic rings. The number of ether oxygens (including phenoxy) is 4. The number of halogens is 3. The Labute approximate surface area is 218 Å². The zero-order valence-corrected chi connectivity index (χ0v) is 21.5. The summed E-state index contributed by atoms with van der Waals surface area (Å²) in [5.41, 5.74) is -0.0999. The maximum absolute atomic E-state index is 14.4. The van der Waals surface area contributed by atoms with E-state index in [1.807, 2.05) is 13.8 Å². The van der Waals surface area contributed by atoms with E-state index in [1.54, 1.807) is 44.6 Å². The molecule has 200 valence electrons. The van der Waals surface area contributed by atoms with Gasteiger partial charge in [0.1, 0.15) is 25.3 Å². The Hall–Kier alpha value is -3.82. The molecule has 0 fully saturated rings. The molecule has 0 amide bonds. The van der Waals surface area contributed by atoms with Crippen LogP contribution in [-0.2, 0) is 22.1 Å². The van der Waals surface area contributed by atoms with Crippen LogP contribution in [0.3, 0.4) is 0 Å². The minimum absolute atomic E-state index is 0.0730. The van der Waals surface area contributed by atoms with Gasteiger partial charge in [0, 0.05) is 29.1 Å². The fraction of sp³-hybridized carbons (Fsp3) is 0.393. The molecule has 0 saturated carbocycles. The van der Waals surface area contributed by atoms with E-state index < -0.39 is 17.8 Å². The zero-order valence-electron chi connectivity index (χ0n) is 21.5. The SMILES string of the molecule is COC1=N[C@H](C(C)C)C(OC)=N[C@H]1Cc1ccc(-c2ncc3ccccc3c2C(F)(F)F)c2c1OCCO2. The summed E-state index contributed by atoms with van der Waals surface area (Å²) in [4.78, 5) is 13.7. The summed E-state index contributed by atoms with van der Waals surface area (Å²) in [5, 5.41) is 0.477. The lowest BCUT2D eigenvalue weighted by atomic mass is 9.95. The van der Waals surface area contributed by atoms with E-state index in [0.29, 0.717) is 34.9 Å². The lowest BCUT2D eigenvalue weighted by Crippen LogP contribution is -2.38. The first-order valence-corrected chi connectivity index (χ1v) is 12.3. The van der Waals surface area contributed by atoms with E-state index in [4.69, 9.17) is 28.9 Å². The zero-order chi connectivity index (χ0) is 27.0. The van der Waals surface area contributed by atoms with Crippen LogP contribution < -0.4 is 9.47 Å². The third-order valence-corrected chi connectivity index (χ3v) is 6.66. The number of methoxy groups -OCH3 is 2. The van der Waals surface area contributed by atoms with E-state index in [9.17, 15) is 13.2 Å². The van der Waals surface area contributed by atoms with Crippen molar-refractivity contribution in [2.24, 2.45) is 15.9 Å². The second kappa shape index (κ2) is 10.2. The van der Waals surface area contributed by atoms with Gasteiger partial charge in [-0.15, -0.1) is 0 Å². The molecule has 0 aliphatic carbocycles. The Bertz CT molecular complexity index is 1420. The number of nitrogens with zero attached hydrogens (tertiary/aromatic N) is 3. The Kier molecular flexibility index (Phi) is 6.90. The molecule has 0 spiro atoms. The third-order valence-electron chi connectivity index (χ3n) is 6.66. The summed E-state index contributed by atoms with van der Waals surface area (Å²) in [5.74, 6) is 1.70. The van der Waals surface area contributed by atoms with Crippen LogP contribution >= 0.6 is 0 Å². The van der Waals surface area contributed by atoms with E-state index in [1.165, 1.54) is 12.3 Å². The molecule has 0 bridgehead atoms. The molecule has 5 rings (SSSR count). The summed E-state index contributed by atoms with van der Waals surface area (Å²) in [6, 6.07) is 8.89. The van der Waals surface area contributed by atoms with Crippen LogP contribution in [0.15, 0.2) is 52.6 Å². The molecule has 7 nitrogen and oxygen atoms in total. The highest BCUT2D eigenvalue weighted by atomic mass is 19.4. The van der Waals surface area contributed by atoms with Crippen molar-refractivity contribution < 1.29 is 32.1 Å². The molecule has 38 heavy (non-hydrogen) atoms. The van der Waals surface area contributed by atoms with Crippen molar-refractivity contribution in [2.75, 3.05) is 27.4 Å². The van der Waals surface area contributed by atoms with Gasteiger partial charge in [-0.05, 0) is 17.4 Å². The first-order chi connectivity index (χ1) is 18.2. The molecule has 2 aliphatic rings. The van der Waals surface area contributed by atoms with E-state index in [0.717, 1.165) is 0 Å². The van der Waals surface area contributed by atoms with E-state index in [-0.39, 0.29) is 47.6 Å². The van der Waals surface area contributed by atoms with Gasteiger partial charge in [-0.2, -0.15) is 13.2 Å². The van der Waals surface area contributed by atoms with Crippen molar-refractivity contribution in [3.8, 4) is 22.8 Å². The van der Waals surface area contributed by atoms with Gasteiger partial charge in [-0.3, -0.25) is 4.98 Å². The third kappa shape index (κ3) is 4.63. The van der Waals surface area contributed by atoms with Gasteiger partial charge >= 0.3 is 6.18 Å². The van der Waals surface area contributed by atoms with Crippen molar-refractivity contribution >= 4 is 22.6 Å². The fourth-order valence-electron chi connectivity index (χ4n) is 4.90. The van der Waals surface area contributed by atoms with Gasteiger partial charge in [-0.25, -0.2) is 9.98 Å². The van der Waals surface area contributed by atoms with Crippen LogP contribution in [0.5, 0.6) is 11.5 Å². The number of aromatic nitrogens is 1. The lowest BCUT2D eigenvalue weighted by molar-refractivity contribution is -0.136. The summed E-state index contributed by atoms with van der Waals surface area (Å²) < 4.78 is 66.0. The first-order valence-electron chi connectivity index (χ1n) is 12.3. The number of aliphatic imine (C=N–C) groups is 2. The number of hydrogen-bond acceptors (Lipinski definition) is 7. The topological polar surface area (TPSA) is 74.5 Å². The predicted molar refractivity (Wildman–Crippen MR) is 138 cm³/mol. The normalized spacial score (nSPS) is 19.3. The van der Waals surface area contributed by atoms with Crippen LogP contribution in [0.25, 0.3) is 22.0 Å². The number of pyridine rings is 1. The maximum Gasteiger partial charge on any atom is 0.419 e. The molecule has 0 saturated heterocycles. The monoisotopic (exact) mass is 527 g/mol. The molecule has 2 aliphatic heterocycles. The van der Waals surface area contributed by atoms with Gasteiger partial charge in [-0.1, -0.05) is 44.2 Å². The molecule has 2 aromatic carbocycles. The largest absolute Gasteiger partial charge is 0.486 e. The number of alkyl halides is 3. The van der Waals surface area contributed by atoms with E-state index in [2.05, 4.69) is 4.98 Å². The molecular formula is C28H28F3N3O4. The number of hydrogen-bond donors (Lipinski definition) is 0. The maximum atomic E-state index is 14.4. The number of benzene rings is 2. The summed E-state index contributed by atoms with van der Waals surface area (Å²) >= 11 is 0. The van der Waals surface area contributed by atoms with Crippen molar-refractivity contribution in [2.45, 2.75) is 38.5 Å². The van der Waals surface area contributed by atoms with Crippen LogP contribution in [-0.4, -0.2) is 56.3 Å². The predicted octanol–water partition coefficient (Wildman–Crippen LogP) is 5.73. The average molecular weight is 528 g/mol. The molecule has 0 radical (unpaired) electrons.